The third-order valence-corrected chi connectivity index (χ3v) is 4.30. The molecule has 0 radical (unpaired) electrons. The van der Waals surface area contributed by atoms with E-state index >= 15 is 0 Å². The Morgan fingerprint density at radius 3 is 2.88 bits per heavy atom. The number of ether oxygens (including phenoxy) is 1. The lowest BCUT2D eigenvalue weighted by Crippen LogP contribution is -2.25. The van der Waals surface area contributed by atoms with E-state index in [2.05, 4.69) is 22.2 Å². The Labute approximate surface area is 152 Å². The molecule has 0 fully saturated rings. The summed E-state index contributed by atoms with van der Waals surface area (Å²) in [4.78, 5) is 29.6. The summed E-state index contributed by atoms with van der Waals surface area (Å²) in [6.07, 6.45) is 4.26. The molecular formula is C19H22N4O3. The molecule has 1 aliphatic rings. The third kappa shape index (κ3) is 3.46. The number of imidazole rings is 1. The normalized spacial score (nSPS) is 12.8. The molecule has 1 aromatic heterocycles. The second-order valence-electron chi connectivity index (χ2n) is 5.99. The van der Waals surface area contributed by atoms with Crippen LogP contribution in [-0.4, -0.2) is 35.0 Å². The van der Waals surface area contributed by atoms with Crippen molar-refractivity contribution in [2.45, 2.75) is 25.8 Å². The van der Waals surface area contributed by atoms with Gasteiger partial charge in [0.15, 0.2) is 5.82 Å². The lowest BCUT2D eigenvalue weighted by molar-refractivity contribution is 0.0952. The second kappa shape index (κ2) is 7.86. The fraction of sp³-hybridized carbons (Fsp3) is 0.316. The molecule has 0 unspecified atom stereocenters. The molecule has 7 nitrogen and oxygen atoms in total. The van der Waals surface area contributed by atoms with E-state index in [1.165, 1.54) is 0 Å². The van der Waals surface area contributed by atoms with E-state index in [9.17, 15) is 9.59 Å². The predicted octanol–water partition coefficient (Wildman–Crippen LogP) is 2.40. The van der Waals surface area contributed by atoms with Gasteiger partial charge in [-0.25, -0.2) is 4.98 Å². The Balaban J connectivity index is 1.91. The minimum absolute atomic E-state index is 0.245. The van der Waals surface area contributed by atoms with Crippen LogP contribution in [-0.2, 0) is 13.0 Å². The van der Waals surface area contributed by atoms with E-state index in [4.69, 9.17) is 4.74 Å². The maximum Gasteiger partial charge on any atom is 0.291 e. The Bertz CT molecular complexity index is 841. The zero-order chi connectivity index (χ0) is 18.5. The predicted molar refractivity (Wildman–Crippen MR) is 98.6 cm³/mol. The van der Waals surface area contributed by atoms with Crippen LogP contribution in [0.5, 0.6) is 5.75 Å². The second-order valence-corrected chi connectivity index (χ2v) is 5.99. The zero-order valence-electron chi connectivity index (χ0n) is 14.7. The Kier molecular flexibility index (Phi) is 5.36. The van der Waals surface area contributed by atoms with Crippen molar-refractivity contribution in [1.29, 1.82) is 0 Å². The fourth-order valence-electron chi connectivity index (χ4n) is 3.07. The molecule has 3 rings (SSSR count). The first-order valence-electron chi connectivity index (χ1n) is 8.58. The van der Waals surface area contributed by atoms with Gasteiger partial charge < -0.3 is 19.9 Å². The number of carbonyl (C=O) groups excluding carboxylic acids is 2. The zero-order valence-corrected chi connectivity index (χ0v) is 14.7. The summed E-state index contributed by atoms with van der Waals surface area (Å²) in [7, 11) is 1.55. The van der Waals surface area contributed by atoms with Gasteiger partial charge in [-0.1, -0.05) is 18.2 Å². The van der Waals surface area contributed by atoms with Crippen LogP contribution in [0.4, 0.5) is 5.69 Å². The highest BCUT2D eigenvalue weighted by atomic mass is 16.5. The SMILES string of the molecule is C=CCNC(=O)c1nc(C(=O)Nc2ccccc2OC)n2c1CCCC2. The maximum atomic E-state index is 12.8. The number of methoxy groups -OCH3 is 1. The molecule has 0 saturated carbocycles. The Hall–Kier alpha value is -3.09. The van der Waals surface area contributed by atoms with Crippen molar-refractivity contribution < 1.29 is 14.3 Å². The summed E-state index contributed by atoms with van der Waals surface area (Å²) in [6, 6.07) is 7.17. The molecule has 0 bridgehead atoms. The van der Waals surface area contributed by atoms with Gasteiger partial charge in [-0.05, 0) is 31.4 Å². The molecule has 7 heteroatoms. The maximum absolute atomic E-state index is 12.8. The molecule has 26 heavy (non-hydrogen) atoms. The summed E-state index contributed by atoms with van der Waals surface area (Å²) in [6.45, 7) is 4.62. The number of hydrogen-bond donors (Lipinski definition) is 2. The van der Waals surface area contributed by atoms with E-state index in [1.807, 2.05) is 16.7 Å². The molecule has 2 aromatic rings. The number of amides is 2. The highest BCUT2D eigenvalue weighted by Gasteiger charge is 2.27. The molecule has 1 aromatic carbocycles. The van der Waals surface area contributed by atoms with Gasteiger partial charge in [-0.3, -0.25) is 9.59 Å². The molecule has 2 N–H and O–H groups in total. The molecule has 0 spiro atoms. The number of para-hydroxylation sites is 2. The standard InChI is InChI=1S/C19H22N4O3/c1-3-11-20-18(24)16-14-9-6-7-12-23(14)17(22-16)19(25)21-13-8-4-5-10-15(13)26-2/h3-5,8,10H,1,6-7,9,11-12H2,2H3,(H,20,24)(H,21,25). The van der Waals surface area contributed by atoms with Gasteiger partial charge >= 0.3 is 0 Å². The molecule has 0 saturated heterocycles. The fourth-order valence-corrected chi connectivity index (χ4v) is 3.07. The number of fused-ring (bicyclic) bond motifs is 1. The summed E-state index contributed by atoms with van der Waals surface area (Å²) < 4.78 is 7.11. The summed E-state index contributed by atoms with van der Waals surface area (Å²) in [5.74, 6) is 0.164. The molecule has 0 atom stereocenters. The van der Waals surface area contributed by atoms with Gasteiger partial charge in [0, 0.05) is 13.1 Å². The summed E-state index contributed by atoms with van der Waals surface area (Å²) in [5, 5.41) is 5.56. The van der Waals surface area contributed by atoms with Crippen LogP contribution in [0.25, 0.3) is 0 Å². The monoisotopic (exact) mass is 354 g/mol. The van der Waals surface area contributed by atoms with Crippen molar-refractivity contribution in [1.82, 2.24) is 14.9 Å². The Morgan fingerprint density at radius 2 is 2.12 bits per heavy atom. The lowest BCUT2D eigenvalue weighted by Gasteiger charge is -2.17. The molecule has 1 aliphatic heterocycles. The first-order valence-corrected chi connectivity index (χ1v) is 8.58. The van der Waals surface area contributed by atoms with Crippen LogP contribution in [0, 0.1) is 0 Å². The highest BCUT2D eigenvalue weighted by Crippen LogP contribution is 2.25. The highest BCUT2D eigenvalue weighted by molar-refractivity contribution is 6.04. The van der Waals surface area contributed by atoms with Crippen molar-refractivity contribution in [3.8, 4) is 5.75 Å². The number of nitrogens with zero attached hydrogens (tertiary/aromatic N) is 2. The molecule has 2 amide bonds. The van der Waals surface area contributed by atoms with Crippen LogP contribution in [0.3, 0.4) is 0 Å². The minimum atomic E-state index is -0.361. The van der Waals surface area contributed by atoms with Crippen LogP contribution < -0.4 is 15.4 Å². The average molecular weight is 354 g/mol. The van der Waals surface area contributed by atoms with E-state index in [1.54, 1.807) is 25.3 Å². The van der Waals surface area contributed by atoms with E-state index in [0.717, 1.165) is 25.0 Å². The van der Waals surface area contributed by atoms with Crippen LogP contribution >= 0.6 is 0 Å². The first kappa shape index (κ1) is 17.7. The van der Waals surface area contributed by atoms with Gasteiger partial charge in [0.1, 0.15) is 11.4 Å². The van der Waals surface area contributed by atoms with Crippen LogP contribution in [0.1, 0.15) is 39.6 Å². The number of rotatable bonds is 6. The molecule has 0 aliphatic carbocycles. The number of nitrogens with one attached hydrogen (secondary N) is 2. The van der Waals surface area contributed by atoms with Gasteiger partial charge in [-0.2, -0.15) is 0 Å². The smallest absolute Gasteiger partial charge is 0.291 e. The topological polar surface area (TPSA) is 85.2 Å². The van der Waals surface area contributed by atoms with Crippen molar-refractivity contribution in [2.75, 3.05) is 19.0 Å². The molecular weight excluding hydrogens is 332 g/mol. The molecule has 136 valence electrons. The molecule has 2 heterocycles. The van der Waals surface area contributed by atoms with Gasteiger partial charge in [0.2, 0.25) is 0 Å². The third-order valence-electron chi connectivity index (χ3n) is 4.30. The number of anilines is 1. The van der Waals surface area contributed by atoms with E-state index in [-0.39, 0.29) is 17.6 Å². The lowest BCUT2D eigenvalue weighted by atomic mass is 10.1. The van der Waals surface area contributed by atoms with Crippen LogP contribution in [0.2, 0.25) is 0 Å². The number of hydrogen-bond acceptors (Lipinski definition) is 4. The Morgan fingerprint density at radius 1 is 1.31 bits per heavy atom. The van der Waals surface area contributed by atoms with Crippen molar-refractivity contribution >= 4 is 17.5 Å². The number of carbonyl (C=O) groups is 2. The first-order chi connectivity index (χ1) is 12.7. The quantitative estimate of drug-likeness (QED) is 0.780. The van der Waals surface area contributed by atoms with Gasteiger partial charge in [0.25, 0.3) is 11.8 Å². The number of aromatic nitrogens is 2. The van der Waals surface area contributed by atoms with Gasteiger partial charge in [0.05, 0.1) is 18.5 Å². The minimum Gasteiger partial charge on any atom is -0.495 e. The van der Waals surface area contributed by atoms with E-state index in [0.29, 0.717) is 30.2 Å². The van der Waals surface area contributed by atoms with Crippen molar-refractivity contribution in [3.05, 3.63) is 54.1 Å². The average Bonchev–Trinajstić information content (AvgIpc) is 3.06. The van der Waals surface area contributed by atoms with Crippen molar-refractivity contribution in [3.63, 3.8) is 0 Å². The van der Waals surface area contributed by atoms with Crippen molar-refractivity contribution in [2.24, 2.45) is 0 Å². The van der Waals surface area contributed by atoms with Gasteiger partial charge in [-0.15, -0.1) is 6.58 Å². The number of benzene rings is 1. The summed E-state index contributed by atoms with van der Waals surface area (Å²) >= 11 is 0. The summed E-state index contributed by atoms with van der Waals surface area (Å²) in [5.41, 5.74) is 1.69. The largest absolute Gasteiger partial charge is 0.495 e. The van der Waals surface area contributed by atoms with E-state index < -0.39 is 0 Å². The van der Waals surface area contributed by atoms with Crippen LogP contribution in [0.15, 0.2) is 36.9 Å².